The molecule has 0 spiro atoms. The molecule has 1 aromatic carbocycles. The molecule has 1 fully saturated rings. The van der Waals surface area contributed by atoms with Gasteiger partial charge in [0.1, 0.15) is 0 Å². The predicted molar refractivity (Wildman–Crippen MR) is 72.0 cm³/mol. The smallest absolute Gasteiger partial charge is 0.404 e. The Labute approximate surface area is 120 Å². The van der Waals surface area contributed by atoms with E-state index in [9.17, 15) is 18.0 Å². The first kappa shape index (κ1) is 15.6. The second kappa shape index (κ2) is 6.80. The summed E-state index contributed by atoms with van der Waals surface area (Å²) in [5.41, 5.74) is 0.0359. The fourth-order valence-electron chi connectivity index (χ4n) is 2.33. The van der Waals surface area contributed by atoms with Crippen LogP contribution in [0.3, 0.4) is 0 Å². The zero-order chi connectivity index (χ0) is 15.3. The number of hydrogen-bond acceptors (Lipinski definition) is 3. The summed E-state index contributed by atoms with van der Waals surface area (Å²) in [5, 5.41) is 5.69. The number of halogens is 3. The van der Waals surface area contributed by atoms with Crippen LogP contribution in [0.25, 0.3) is 0 Å². The minimum atomic E-state index is -4.78. The van der Waals surface area contributed by atoms with Crippen LogP contribution < -0.4 is 15.4 Å². The maximum absolute atomic E-state index is 12.3. The van der Waals surface area contributed by atoms with E-state index in [1.165, 1.54) is 18.2 Å². The van der Waals surface area contributed by atoms with Crippen LogP contribution in [0.4, 0.5) is 18.9 Å². The fourth-order valence-corrected chi connectivity index (χ4v) is 2.33. The molecule has 0 bridgehead atoms. The van der Waals surface area contributed by atoms with Crippen molar-refractivity contribution in [3.05, 3.63) is 24.3 Å². The van der Waals surface area contributed by atoms with Crippen LogP contribution in [-0.4, -0.2) is 25.4 Å². The molecule has 7 heteroatoms. The van der Waals surface area contributed by atoms with Gasteiger partial charge in [0.05, 0.1) is 5.69 Å². The molecule has 21 heavy (non-hydrogen) atoms. The van der Waals surface area contributed by atoms with Gasteiger partial charge in [0.2, 0.25) is 5.91 Å². The number of piperidine rings is 1. The summed E-state index contributed by atoms with van der Waals surface area (Å²) in [7, 11) is 0. The highest BCUT2D eigenvalue weighted by Crippen LogP contribution is 2.30. The van der Waals surface area contributed by atoms with Crippen LogP contribution in [0, 0.1) is 5.92 Å². The highest BCUT2D eigenvalue weighted by atomic mass is 19.4. The van der Waals surface area contributed by atoms with Crippen molar-refractivity contribution in [2.24, 2.45) is 5.92 Å². The molecule has 0 saturated carbocycles. The molecule has 1 aromatic rings. The number of carbonyl (C=O) groups is 1. The molecule has 0 aliphatic carbocycles. The Kier molecular flexibility index (Phi) is 5.06. The number of nitrogens with one attached hydrogen (secondary N) is 2. The van der Waals surface area contributed by atoms with Crippen LogP contribution in [0.15, 0.2) is 24.3 Å². The Balaban J connectivity index is 1.96. The van der Waals surface area contributed by atoms with Gasteiger partial charge in [0, 0.05) is 6.42 Å². The van der Waals surface area contributed by atoms with Crippen molar-refractivity contribution in [1.29, 1.82) is 0 Å². The van der Waals surface area contributed by atoms with Crippen molar-refractivity contribution >= 4 is 11.6 Å². The van der Waals surface area contributed by atoms with Crippen molar-refractivity contribution in [3.8, 4) is 5.75 Å². The summed E-state index contributed by atoms with van der Waals surface area (Å²) in [6.07, 6.45) is -2.68. The Morgan fingerprint density at radius 1 is 1.29 bits per heavy atom. The van der Waals surface area contributed by atoms with Gasteiger partial charge in [-0.3, -0.25) is 4.79 Å². The molecule has 1 saturated heterocycles. The number of benzene rings is 1. The number of anilines is 1. The fraction of sp³-hybridized carbons (Fsp3) is 0.500. The van der Waals surface area contributed by atoms with E-state index in [4.69, 9.17) is 0 Å². The summed E-state index contributed by atoms with van der Waals surface area (Å²) in [4.78, 5) is 11.9. The lowest BCUT2D eigenvalue weighted by atomic mass is 9.94. The third-order valence-corrected chi connectivity index (χ3v) is 3.32. The number of amides is 1. The molecular weight excluding hydrogens is 285 g/mol. The van der Waals surface area contributed by atoms with E-state index < -0.39 is 12.1 Å². The molecule has 0 unspecified atom stereocenters. The number of carbonyl (C=O) groups excluding carboxylic acids is 1. The van der Waals surface area contributed by atoms with Crippen LogP contribution in [-0.2, 0) is 4.79 Å². The van der Waals surface area contributed by atoms with Crippen molar-refractivity contribution in [1.82, 2.24) is 5.32 Å². The quantitative estimate of drug-likeness (QED) is 0.899. The first-order valence-corrected chi connectivity index (χ1v) is 6.79. The maximum Gasteiger partial charge on any atom is 0.573 e. The van der Waals surface area contributed by atoms with E-state index in [0.717, 1.165) is 25.9 Å². The zero-order valence-corrected chi connectivity index (χ0v) is 11.4. The lowest BCUT2D eigenvalue weighted by Gasteiger charge is -2.22. The maximum atomic E-state index is 12.3. The van der Waals surface area contributed by atoms with Gasteiger partial charge in [-0.15, -0.1) is 13.2 Å². The standard InChI is InChI=1S/C14H17F3N2O2/c15-14(16,17)21-12-4-2-1-3-11(12)19-13(20)9-10-5-7-18-8-6-10/h1-4,10,18H,5-9H2,(H,19,20). The second-order valence-electron chi connectivity index (χ2n) is 4.99. The van der Waals surface area contributed by atoms with E-state index in [-0.39, 0.29) is 17.5 Å². The number of rotatable bonds is 4. The normalized spacial score (nSPS) is 16.5. The van der Waals surface area contributed by atoms with Crippen LogP contribution in [0.2, 0.25) is 0 Å². The van der Waals surface area contributed by atoms with Gasteiger partial charge in [-0.25, -0.2) is 0 Å². The monoisotopic (exact) mass is 302 g/mol. The van der Waals surface area contributed by atoms with E-state index in [1.807, 2.05) is 0 Å². The topological polar surface area (TPSA) is 50.4 Å². The lowest BCUT2D eigenvalue weighted by Crippen LogP contribution is -2.30. The number of ether oxygens (including phenoxy) is 1. The van der Waals surface area contributed by atoms with Gasteiger partial charge < -0.3 is 15.4 Å². The summed E-state index contributed by atoms with van der Waals surface area (Å²) in [6.45, 7) is 1.73. The van der Waals surface area contributed by atoms with E-state index >= 15 is 0 Å². The molecule has 4 nitrogen and oxygen atoms in total. The SMILES string of the molecule is O=C(CC1CCNCC1)Nc1ccccc1OC(F)(F)F. The average molecular weight is 302 g/mol. The van der Waals surface area contributed by atoms with Crippen LogP contribution >= 0.6 is 0 Å². The molecule has 2 N–H and O–H groups in total. The number of para-hydroxylation sites is 2. The first-order chi connectivity index (χ1) is 9.94. The lowest BCUT2D eigenvalue weighted by molar-refractivity contribution is -0.274. The minimum absolute atomic E-state index is 0.0359. The summed E-state index contributed by atoms with van der Waals surface area (Å²) in [5.74, 6) is -0.425. The third kappa shape index (κ3) is 5.26. The van der Waals surface area contributed by atoms with Crippen molar-refractivity contribution in [3.63, 3.8) is 0 Å². The zero-order valence-electron chi connectivity index (χ0n) is 11.4. The highest BCUT2D eigenvalue weighted by molar-refractivity contribution is 5.92. The summed E-state index contributed by atoms with van der Waals surface area (Å²) < 4.78 is 40.8. The van der Waals surface area contributed by atoms with E-state index in [0.29, 0.717) is 6.42 Å². The van der Waals surface area contributed by atoms with Gasteiger partial charge >= 0.3 is 6.36 Å². The molecule has 1 heterocycles. The Hall–Kier alpha value is -1.76. The van der Waals surface area contributed by atoms with Gasteiger partial charge in [-0.1, -0.05) is 12.1 Å². The van der Waals surface area contributed by atoms with Crippen LogP contribution in [0.1, 0.15) is 19.3 Å². The van der Waals surface area contributed by atoms with E-state index in [1.54, 1.807) is 6.07 Å². The van der Waals surface area contributed by atoms with Gasteiger partial charge in [-0.2, -0.15) is 0 Å². The van der Waals surface area contributed by atoms with Crippen molar-refractivity contribution < 1.29 is 22.7 Å². The molecule has 1 aliphatic rings. The molecular formula is C14H17F3N2O2. The Morgan fingerprint density at radius 2 is 1.95 bits per heavy atom. The summed E-state index contributed by atoms with van der Waals surface area (Å²) >= 11 is 0. The van der Waals surface area contributed by atoms with Crippen LogP contribution in [0.5, 0.6) is 5.75 Å². The number of alkyl halides is 3. The highest BCUT2D eigenvalue weighted by Gasteiger charge is 2.32. The Bertz CT molecular complexity index is 485. The Morgan fingerprint density at radius 3 is 2.62 bits per heavy atom. The molecule has 1 aliphatic heterocycles. The molecule has 0 atom stereocenters. The van der Waals surface area contributed by atoms with Crippen molar-refractivity contribution in [2.45, 2.75) is 25.6 Å². The molecule has 2 rings (SSSR count). The molecule has 1 amide bonds. The second-order valence-corrected chi connectivity index (χ2v) is 4.99. The third-order valence-electron chi connectivity index (χ3n) is 3.32. The van der Waals surface area contributed by atoms with Gasteiger partial charge in [0.15, 0.2) is 5.75 Å². The largest absolute Gasteiger partial charge is 0.573 e. The first-order valence-electron chi connectivity index (χ1n) is 6.79. The molecule has 0 aromatic heterocycles. The molecule has 0 radical (unpaired) electrons. The summed E-state index contributed by atoms with van der Waals surface area (Å²) in [6, 6.07) is 5.53. The minimum Gasteiger partial charge on any atom is -0.404 e. The predicted octanol–water partition coefficient (Wildman–Crippen LogP) is 2.91. The average Bonchev–Trinajstić information content (AvgIpc) is 2.40. The number of hydrogen-bond donors (Lipinski definition) is 2. The van der Waals surface area contributed by atoms with E-state index in [2.05, 4.69) is 15.4 Å². The van der Waals surface area contributed by atoms with Gasteiger partial charge in [-0.05, 0) is 44.0 Å². The van der Waals surface area contributed by atoms with Gasteiger partial charge in [0.25, 0.3) is 0 Å². The van der Waals surface area contributed by atoms with Crippen molar-refractivity contribution in [2.75, 3.05) is 18.4 Å². The molecule has 116 valence electrons.